The summed E-state index contributed by atoms with van der Waals surface area (Å²) < 4.78 is 61.4. The Labute approximate surface area is 198 Å². The van der Waals surface area contributed by atoms with E-state index in [1.165, 1.54) is 37.4 Å². The van der Waals surface area contributed by atoms with E-state index in [0.717, 1.165) is 5.56 Å². The monoisotopic (exact) mass is 485 g/mol. The summed E-state index contributed by atoms with van der Waals surface area (Å²) in [6, 6.07) is 10.7. The van der Waals surface area contributed by atoms with E-state index in [0.29, 0.717) is 42.1 Å². The number of nitrogens with one attached hydrogen (secondary N) is 1. The Bertz CT molecular complexity index is 1390. The topological polar surface area (TPSA) is 67.9 Å². The van der Waals surface area contributed by atoms with Gasteiger partial charge in [-0.3, -0.25) is 4.98 Å². The van der Waals surface area contributed by atoms with E-state index in [1.807, 2.05) is 6.07 Å². The third-order valence-electron chi connectivity index (χ3n) is 6.99. The first-order valence-corrected chi connectivity index (χ1v) is 11.4. The highest BCUT2D eigenvalue weighted by molar-refractivity contribution is 5.93. The van der Waals surface area contributed by atoms with Crippen LogP contribution >= 0.6 is 0 Å². The van der Waals surface area contributed by atoms with Crippen LogP contribution in [0.4, 0.5) is 17.6 Å². The van der Waals surface area contributed by atoms with Gasteiger partial charge in [-0.25, -0.2) is 14.2 Å². The number of rotatable bonds is 4. The molecule has 182 valence electrons. The Balaban J connectivity index is 1.41. The van der Waals surface area contributed by atoms with E-state index in [-0.39, 0.29) is 28.6 Å². The molecule has 5 nitrogen and oxygen atoms in total. The molecule has 1 aliphatic carbocycles. The van der Waals surface area contributed by atoms with Crippen molar-refractivity contribution in [3.05, 3.63) is 71.4 Å². The first-order chi connectivity index (χ1) is 16.7. The van der Waals surface area contributed by atoms with Crippen LogP contribution in [-0.2, 0) is 4.74 Å². The zero-order valence-electron chi connectivity index (χ0n) is 18.9. The quantitative estimate of drug-likeness (QED) is 0.259. The van der Waals surface area contributed by atoms with Crippen LogP contribution in [-0.4, -0.2) is 34.2 Å². The number of carbonyl (C=O) groups excluding carboxylic acids is 1. The maximum atomic E-state index is 14.3. The molecule has 1 saturated carbocycles. The minimum atomic E-state index is -4.48. The minimum Gasteiger partial charge on any atom is -0.465 e. The molecule has 35 heavy (non-hydrogen) atoms. The lowest BCUT2D eigenvalue weighted by Crippen LogP contribution is -2.31. The number of benzene rings is 2. The lowest BCUT2D eigenvalue weighted by atomic mass is 9.73. The molecule has 1 fully saturated rings. The standard InChI is InChI=1S/C26H23F4N3O2/c1-35-25(34)16-6-8-21-22(12-16)33-24(32-21)23(26(28,29)30)15-4-2-14(3-5-15)18-10-11-31-20-9-7-17(27)13-19(18)20/h6-15,23H,2-5H2,1H3,(H,32,33). The fourth-order valence-corrected chi connectivity index (χ4v) is 5.32. The Morgan fingerprint density at radius 1 is 1.06 bits per heavy atom. The molecule has 0 amide bonds. The van der Waals surface area contributed by atoms with E-state index in [4.69, 9.17) is 0 Å². The second kappa shape index (κ2) is 8.94. The molecule has 0 radical (unpaired) electrons. The van der Waals surface area contributed by atoms with E-state index in [9.17, 15) is 22.4 Å². The van der Waals surface area contributed by atoms with Crippen LogP contribution in [0.25, 0.3) is 21.9 Å². The number of aromatic amines is 1. The average molecular weight is 485 g/mol. The van der Waals surface area contributed by atoms with Crippen LogP contribution in [0.5, 0.6) is 0 Å². The predicted molar refractivity (Wildman–Crippen MR) is 123 cm³/mol. The van der Waals surface area contributed by atoms with Crippen molar-refractivity contribution in [2.75, 3.05) is 7.11 Å². The minimum absolute atomic E-state index is 0.0331. The zero-order chi connectivity index (χ0) is 24.7. The van der Waals surface area contributed by atoms with Gasteiger partial charge in [0.15, 0.2) is 0 Å². The molecule has 0 saturated heterocycles. The smallest absolute Gasteiger partial charge is 0.399 e. The van der Waals surface area contributed by atoms with Gasteiger partial charge in [0.2, 0.25) is 0 Å². The number of pyridine rings is 1. The van der Waals surface area contributed by atoms with Crippen molar-refractivity contribution >= 4 is 27.9 Å². The van der Waals surface area contributed by atoms with Crippen molar-refractivity contribution in [1.29, 1.82) is 0 Å². The molecule has 0 bridgehead atoms. The summed E-state index contributed by atoms with van der Waals surface area (Å²) in [5, 5.41) is 0.710. The SMILES string of the molecule is COC(=O)c1ccc2[nH]c(C(C3CCC(c4ccnc5ccc(F)cc45)CC3)C(F)(F)F)nc2c1. The molecule has 1 unspecified atom stereocenters. The predicted octanol–water partition coefficient (Wildman–Crippen LogP) is 6.66. The van der Waals surface area contributed by atoms with Gasteiger partial charge in [-0.1, -0.05) is 0 Å². The van der Waals surface area contributed by atoms with Crippen LogP contribution in [0.1, 0.15) is 59.3 Å². The Morgan fingerprint density at radius 2 is 1.83 bits per heavy atom. The molecular weight excluding hydrogens is 462 g/mol. The summed E-state index contributed by atoms with van der Waals surface area (Å²) in [5.74, 6) is -3.44. The van der Waals surface area contributed by atoms with Crippen molar-refractivity contribution in [3.8, 4) is 0 Å². The second-order valence-electron chi connectivity index (χ2n) is 9.04. The number of methoxy groups -OCH3 is 1. The summed E-state index contributed by atoms with van der Waals surface area (Å²) >= 11 is 0. The van der Waals surface area contributed by atoms with Crippen molar-refractivity contribution in [3.63, 3.8) is 0 Å². The number of halogens is 4. The second-order valence-corrected chi connectivity index (χ2v) is 9.04. The summed E-state index contributed by atoms with van der Waals surface area (Å²) in [4.78, 5) is 23.1. The number of hydrogen-bond donors (Lipinski definition) is 1. The number of hydrogen-bond acceptors (Lipinski definition) is 4. The zero-order valence-corrected chi connectivity index (χ0v) is 18.9. The number of nitrogens with zero attached hydrogens (tertiary/aromatic N) is 2. The highest BCUT2D eigenvalue weighted by Gasteiger charge is 2.48. The van der Waals surface area contributed by atoms with Crippen LogP contribution < -0.4 is 0 Å². The molecule has 4 aromatic rings. The van der Waals surface area contributed by atoms with Crippen LogP contribution in [0, 0.1) is 11.7 Å². The van der Waals surface area contributed by atoms with Gasteiger partial charge >= 0.3 is 12.1 Å². The normalized spacial score (nSPS) is 19.7. The first kappa shape index (κ1) is 23.3. The summed E-state index contributed by atoms with van der Waals surface area (Å²) in [6.45, 7) is 0. The van der Waals surface area contributed by atoms with Crippen LogP contribution in [0.3, 0.4) is 0 Å². The molecule has 2 aromatic heterocycles. The van der Waals surface area contributed by atoms with E-state index in [1.54, 1.807) is 12.3 Å². The number of esters is 1. The van der Waals surface area contributed by atoms with Crippen molar-refractivity contribution in [1.82, 2.24) is 15.0 Å². The van der Waals surface area contributed by atoms with Crippen molar-refractivity contribution in [2.45, 2.75) is 43.7 Å². The third-order valence-corrected chi connectivity index (χ3v) is 6.99. The molecule has 0 aliphatic heterocycles. The van der Waals surface area contributed by atoms with Gasteiger partial charge < -0.3 is 9.72 Å². The Hall–Kier alpha value is -3.49. The van der Waals surface area contributed by atoms with Gasteiger partial charge in [0.05, 0.1) is 29.2 Å². The maximum absolute atomic E-state index is 14.3. The average Bonchev–Trinajstić information content (AvgIpc) is 3.25. The number of aromatic nitrogens is 3. The fourth-order valence-electron chi connectivity index (χ4n) is 5.32. The lowest BCUT2D eigenvalue weighted by molar-refractivity contribution is -0.166. The Kier molecular flexibility index (Phi) is 5.94. The maximum Gasteiger partial charge on any atom is 0.399 e. The molecule has 2 aromatic carbocycles. The van der Waals surface area contributed by atoms with Crippen LogP contribution in [0.15, 0.2) is 48.7 Å². The largest absolute Gasteiger partial charge is 0.465 e. The number of H-pyrrole nitrogens is 1. The highest BCUT2D eigenvalue weighted by Crippen LogP contribution is 2.48. The summed E-state index contributed by atoms with van der Waals surface area (Å²) in [7, 11) is 1.24. The van der Waals surface area contributed by atoms with Gasteiger partial charge in [0.25, 0.3) is 0 Å². The fraction of sp³-hybridized carbons (Fsp3) is 0.346. The molecule has 9 heteroatoms. The number of imidazole rings is 1. The molecular formula is C26H23F4N3O2. The number of ether oxygens (including phenoxy) is 1. The van der Waals surface area contributed by atoms with Gasteiger partial charge in [-0.15, -0.1) is 0 Å². The highest BCUT2D eigenvalue weighted by atomic mass is 19.4. The molecule has 2 heterocycles. The van der Waals surface area contributed by atoms with E-state index >= 15 is 0 Å². The van der Waals surface area contributed by atoms with Gasteiger partial charge in [0.1, 0.15) is 17.6 Å². The number of fused-ring (bicyclic) bond motifs is 2. The first-order valence-electron chi connectivity index (χ1n) is 11.4. The molecule has 5 rings (SSSR count). The summed E-state index contributed by atoms with van der Waals surface area (Å²) in [6.07, 6.45) is -0.990. The van der Waals surface area contributed by atoms with Gasteiger partial charge in [0, 0.05) is 11.6 Å². The molecule has 0 spiro atoms. The van der Waals surface area contributed by atoms with Gasteiger partial charge in [-0.2, -0.15) is 13.2 Å². The van der Waals surface area contributed by atoms with Gasteiger partial charge in [-0.05, 0) is 85.5 Å². The van der Waals surface area contributed by atoms with E-state index < -0.39 is 24.0 Å². The third kappa shape index (κ3) is 4.47. The lowest BCUT2D eigenvalue weighted by Gasteiger charge is -2.34. The number of carbonyl (C=O) groups is 1. The van der Waals surface area contributed by atoms with Crippen molar-refractivity contribution < 1.29 is 27.1 Å². The molecule has 1 aliphatic rings. The Morgan fingerprint density at radius 3 is 2.54 bits per heavy atom. The van der Waals surface area contributed by atoms with E-state index in [2.05, 4.69) is 19.7 Å². The summed E-state index contributed by atoms with van der Waals surface area (Å²) in [5.41, 5.74) is 2.54. The molecule has 1 atom stereocenters. The molecule has 1 N–H and O–H groups in total. The van der Waals surface area contributed by atoms with Crippen LogP contribution in [0.2, 0.25) is 0 Å². The van der Waals surface area contributed by atoms with Crippen molar-refractivity contribution in [2.24, 2.45) is 5.92 Å². The number of alkyl halides is 3.